The fourth-order valence-corrected chi connectivity index (χ4v) is 0. The van der Waals surface area contributed by atoms with E-state index in [1.807, 2.05) is 0 Å². The van der Waals surface area contributed by atoms with Crippen molar-refractivity contribution in [2.75, 3.05) is 0 Å². The van der Waals surface area contributed by atoms with Gasteiger partial charge in [0.1, 0.15) is 0 Å². The SMILES string of the molecule is B.B.B.B.B.B.B.B.B.B.B.B.[AlH3]. The second-order valence-corrected chi connectivity index (χ2v) is 0. The average molecular weight is 196 g/mol. The molecule has 0 saturated carbocycles. The molecule has 0 radical (unpaired) electrons. The van der Waals surface area contributed by atoms with Crippen molar-refractivity contribution in [1.29, 1.82) is 0 Å². The summed E-state index contributed by atoms with van der Waals surface area (Å²) in [5, 5.41) is 0. The molecule has 0 atom stereocenters. The molecule has 0 rings (SSSR count). The highest BCUT2D eigenvalue weighted by Crippen LogP contribution is -0.369. The summed E-state index contributed by atoms with van der Waals surface area (Å²) in [6, 6.07) is 0. The van der Waals surface area contributed by atoms with Gasteiger partial charge in [0.25, 0.3) is 0 Å². The third kappa shape index (κ3) is 990. The van der Waals surface area contributed by atoms with Crippen LogP contribution in [0.1, 0.15) is 0 Å². The highest BCUT2D eigenvalue weighted by atomic mass is 27.0. The fraction of sp³-hybridized carbons (Fsp3) is 0. The summed E-state index contributed by atoms with van der Waals surface area (Å²) >= 11 is 0. The van der Waals surface area contributed by atoms with Gasteiger partial charge in [0.15, 0.2) is 17.4 Å². The molecule has 0 aromatic carbocycles. The molecule has 13 heavy (non-hydrogen) atoms. The Balaban J connectivity index is 0. The first-order valence-corrected chi connectivity index (χ1v) is 0. The second-order valence-electron chi connectivity index (χ2n) is 0. The van der Waals surface area contributed by atoms with Gasteiger partial charge in [-0.25, -0.2) is 0 Å². The van der Waals surface area contributed by atoms with Crippen LogP contribution in [-0.4, -0.2) is 118 Å². The van der Waals surface area contributed by atoms with E-state index in [1.165, 1.54) is 0 Å². The fourth-order valence-electron chi connectivity index (χ4n) is 0. The molecule has 0 unspecified atom stereocenters. The van der Waals surface area contributed by atoms with Crippen LogP contribution in [0, 0.1) is 0 Å². The molecule has 0 aromatic heterocycles. The van der Waals surface area contributed by atoms with Crippen LogP contribution in [-0.2, 0) is 0 Å². The highest BCUT2D eigenvalue weighted by Gasteiger charge is 0.187. The van der Waals surface area contributed by atoms with E-state index in [-0.39, 0.29) is 118 Å². The van der Waals surface area contributed by atoms with E-state index >= 15 is 0 Å². The Morgan fingerprint density at radius 2 is 0.154 bits per heavy atom. The van der Waals surface area contributed by atoms with Crippen molar-refractivity contribution in [2.45, 2.75) is 0 Å². The van der Waals surface area contributed by atoms with Crippen LogP contribution in [0.3, 0.4) is 0 Å². The van der Waals surface area contributed by atoms with Crippen LogP contribution in [0.15, 0.2) is 0 Å². The molecule has 13 heteroatoms. The van der Waals surface area contributed by atoms with Crippen LogP contribution in [0.25, 0.3) is 0 Å². The summed E-state index contributed by atoms with van der Waals surface area (Å²) < 4.78 is 0. The maximum atomic E-state index is 0. The van der Waals surface area contributed by atoms with Crippen molar-refractivity contribution in [1.82, 2.24) is 0 Å². The molecule has 0 aliphatic carbocycles. The second kappa shape index (κ2) is 1170. The quantitative estimate of drug-likeness (QED) is 0.337. The molecule has 0 N–H and O–H groups in total. The van der Waals surface area contributed by atoms with Crippen LogP contribution in [0.5, 0.6) is 0 Å². The molecule has 0 heterocycles. The van der Waals surface area contributed by atoms with Crippen LogP contribution in [0.2, 0.25) is 0 Å². The average Bonchev–Trinajstić information content (AvgIpc) is 0. The summed E-state index contributed by atoms with van der Waals surface area (Å²) in [5.74, 6) is 0. The van der Waals surface area contributed by atoms with Crippen molar-refractivity contribution in [2.24, 2.45) is 0 Å². The standard InChI is InChI=1S/Al.12BH3.3H/h;12*1H3;;;. The topological polar surface area (TPSA) is 0 Å². The molecule has 0 bridgehead atoms. The van der Waals surface area contributed by atoms with Gasteiger partial charge in [-0.2, -0.15) is 0 Å². The van der Waals surface area contributed by atoms with Crippen LogP contribution in [0.4, 0.5) is 0 Å². The Morgan fingerprint density at radius 3 is 0.154 bits per heavy atom. The zero-order valence-corrected chi connectivity index (χ0v) is 0. The van der Waals surface area contributed by atoms with Crippen molar-refractivity contribution in [3.05, 3.63) is 0 Å². The Bertz CT molecular complexity index is 5.09. The monoisotopic (exact) mass is 198 g/mol. The maximum Gasteiger partial charge on any atom is 0.187 e. The van der Waals surface area contributed by atoms with E-state index in [0.717, 1.165) is 0 Å². The van der Waals surface area contributed by atoms with Crippen molar-refractivity contribution in [3.63, 3.8) is 0 Å². The van der Waals surface area contributed by atoms with Crippen molar-refractivity contribution >= 4 is 118 Å². The normalized spacial score (nSPS) is 0. The minimum atomic E-state index is 0. The molecule has 0 nitrogen and oxygen atoms in total. The zero-order chi connectivity index (χ0) is 0. The Labute approximate surface area is 118 Å². The van der Waals surface area contributed by atoms with E-state index in [9.17, 15) is 0 Å². The molecule has 0 aromatic rings. The molecule has 0 aliphatic rings. The summed E-state index contributed by atoms with van der Waals surface area (Å²) in [7, 11) is 0. The van der Waals surface area contributed by atoms with Gasteiger partial charge in [0.2, 0.25) is 0 Å². The lowest BCUT2D eigenvalue weighted by Gasteiger charge is 0.0804. The van der Waals surface area contributed by atoms with Gasteiger partial charge in [0, 0.05) is 0 Å². The van der Waals surface area contributed by atoms with Crippen molar-refractivity contribution in [3.8, 4) is 0 Å². The third-order valence-electron chi connectivity index (χ3n) is 0. The smallest absolute Gasteiger partial charge is 0.0814 e. The van der Waals surface area contributed by atoms with E-state index in [4.69, 9.17) is 0 Å². The first-order valence-electron chi connectivity index (χ1n) is 0. The first-order chi connectivity index (χ1) is 0. The largest absolute Gasteiger partial charge is 0.187 e. The van der Waals surface area contributed by atoms with Gasteiger partial charge in [-0.05, 0) is 0 Å². The van der Waals surface area contributed by atoms with Crippen LogP contribution < -0.4 is 0 Å². The molecule has 0 fully saturated rings. The Hall–Kier alpha value is 1.31. The highest BCUT2D eigenvalue weighted by molar-refractivity contribution is 5.77. The predicted molar refractivity (Wildman–Crippen MR) is 129 cm³/mol. The molecular formula is H39AlB12. The van der Waals surface area contributed by atoms with Gasteiger partial charge >= 0.3 is 0 Å². The minimum Gasteiger partial charge on any atom is 0.0814 e. The molecular weight excluding hydrogens is 157 g/mol. The molecule has 0 amide bonds. The van der Waals surface area contributed by atoms with Gasteiger partial charge in [-0.3, -0.25) is 0 Å². The van der Waals surface area contributed by atoms with Gasteiger partial charge in [-0.15, -0.1) is 0 Å². The lowest BCUT2D eigenvalue weighted by Crippen LogP contribution is -0.382. The summed E-state index contributed by atoms with van der Waals surface area (Å²) in [4.78, 5) is 0. The minimum absolute atomic E-state index is 0. The molecule has 0 aliphatic heterocycles. The van der Waals surface area contributed by atoms with Crippen LogP contribution >= 0.6 is 0 Å². The van der Waals surface area contributed by atoms with Gasteiger partial charge < -0.3 is 0 Å². The summed E-state index contributed by atoms with van der Waals surface area (Å²) in [6.45, 7) is 0. The van der Waals surface area contributed by atoms with Crippen molar-refractivity contribution < 1.29 is 0 Å². The van der Waals surface area contributed by atoms with E-state index in [0.29, 0.717) is 0 Å². The zero-order valence-electron chi connectivity index (χ0n) is 0. The van der Waals surface area contributed by atoms with Gasteiger partial charge in [0.05, 0.1) is 101 Å². The lowest BCUT2D eigenvalue weighted by atomic mass is 10.8. The molecule has 0 saturated heterocycles. The number of rotatable bonds is 0. The Morgan fingerprint density at radius 1 is 0.154 bits per heavy atom. The maximum absolute atomic E-state index is 0. The molecule has 0 spiro atoms. The first kappa shape index (κ1) is 1470. The van der Waals surface area contributed by atoms with E-state index in [2.05, 4.69) is 0 Å². The van der Waals surface area contributed by atoms with Gasteiger partial charge in [-0.1, -0.05) is 0 Å². The third-order valence-corrected chi connectivity index (χ3v) is 0. The summed E-state index contributed by atoms with van der Waals surface area (Å²) in [6.07, 6.45) is 0. The van der Waals surface area contributed by atoms with E-state index in [1.54, 1.807) is 0 Å². The molecule has 78 valence electrons. The predicted octanol–water partition coefficient (Wildman–Crippen LogP) is -15.4. The number of hydrogen-bond acceptors (Lipinski definition) is 0. The lowest BCUT2D eigenvalue weighted by molar-refractivity contribution is 5.75. The van der Waals surface area contributed by atoms with E-state index < -0.39 is 0 Å². The number of hydrogen-bond donors (Lipinski definition) is 0. The summed E-state index contributed by atoms with van der Waals surface area (Å²) in [5.41, 5.74) is 0. The Kier molecular flexibility index (Phi) is 133000.